The van der Waals surface area contributed by atoms with Crippen molar-refractivity contribution in [1.29, 1.82) is 0 Å². The van der Waals surface area contributed by atoms with Gasteiger partial charge in [0.25, 0.3) is 0 Å². The second-order valence-corrected chi connectivity index (χ2v) is 3.46. The van der Waals surface area contributed by atoms with Crippen molar-refractivity contribution in [2.45, 2.75) is 32.7 Å². The van der Waals surface area contributed by atoms with Crippen molar-refractivity contribution in [3.05, 3.63) is 17.5 Å². The fraction of sp³-hybridized carbons (Fsp3) is 0.500. The highest BCUT2D eigenvalue weighted by Crippen LogP contribution is 2.02. The van der Waals surface area contributed by atoms with E-state index >= 15 is 0 Å². The zero-order chi connectivity index (χ0) is 12.0. The van der Waals surface area contributed by atoms with E-state index in [1.165, 1.54) is 0 Å². The van der Waals surface area contributed by atoms with E-state index in [1.807, 2.05) is 0 Å². The Balaban J connectivity index is 2.17. The first-order valence-electron chi connectivity index (χ1n) is 4.98. The lowest BCUT2D eigenvalue weighted by Crippen LogP contribution is -2.22. The van der Waals surface area contributed by atoms with Crippen LogP contribution in [0.1, 0.15) is 30.7 Å². The molecule has 2 N–H and O–H groups in total. The van der Waals surface area contributed by atoms with Gasteiger partial charge < -0.3 is 14.9 Å². The monoisotopic (exact) mass is 226 g/mol. The number of carboxylic acids is 1. The maximum absolute atomic E-state index is 11.2. The maximum Gasteiger partial charge on any atom is 0.303 e. The lowest BCUT2D eigenvalue weighted by Gasteiger charge is -2.01. The summed E-state index contributed by atoms with van der Waals surface area (Å²) in [4.78, 5) is 21.4. The normalized spacial score (nSPS) is 10.1. The van der Waals surface area contributed by atoms with E-state index in [0.29, 0.717) is 12.2 Å². The first-order chi connectivity index (χ1) is 7.58. The van der Waals surface area contributed by atoms with Crippen molar-refractivity contribution in [2.24, 2.45) is 0 Å². The van der Waals surface area contributed by atoms with Gasteiger partial charge in [0.2, 0.25) is 5.91 Å². The fourth-order valence-corrected chi connectivity index (χ4v) is 1.17. The molecule has 1 rings (SSSR count). The molecule has 0 saturated carbocycles. The number of nitrogens with one attached hydrogen (secondary N) is 1. The summed E-state index contributed by atoms with van der Waals surface area (Å²) < 4.78 is 4.90. The quantitative estimate of drug-likeness (QED) is 0.750. The van der Waals surface area contributed by atoms with Gasteiger partial charge in [0, 0.05) is 18.9 Å². The number of hydrogen-bond acceptors (Lipinski definition) is 4. The number of nitrogens with zero attached hydrogens (tertiary/aromatic N) is 1. The molecule has 1 aromatic heterocycles. The van der Waals surface area contributed by atoms with Gasteiger partial charge in [-0.3, -0.25) is 9.59 Å². The number of carboxylic acid groups (broad SMARTS) is 1. The molecule has 0 unspecified atom stereocenters. The van der Waals surface area contributed by atoms with Gasteiger partial charge >= 0.3 is 5.97 Å². The number of aryl methyl sites for hydroxylation is 1. The second-order valence-electron chi connectivity index (χ2n) is 3.46. The lowest BCUT2D eigenvalue weighted by molar-refractivity contribution is -0.137. The third kappa shape index (κ3) is 4.59. The first-order valence-corrected chi connectivity index (χ1v) is 4.98. The van der Waals surface area contributed by atoms with Crippen LogP contribution in [0.4, 0.5) is 0 Å². The van der Waals surface area contributed by atoms with Gasteiger partial charge in [-0.25, -0.2) is 0 Å². The van der Waals surface area contributed by atoms with Gasteiger partial charge in [-0.2, -0.15) is 0 Å². The summed E-state index contributed by atoms with van der Waals surface area (Å²) in [5, 5.41) is 14.7. The average Bonchev–Trinajstić information content (AvgIpc) is 2.61. The molecular formula is C10H14N2O4. The third-order valence-electron chi connectivity index (χ3n) is 1.93. The number of carbonyl (C=O) groups excluding carboxylic acids is 1. The van der Waals surface area contributed by atoms with Crippen LogP contribution in [0.5, 0.6) is 0 Å². The van der Waals surface area contributed by atoms with E-state index in [0.717, 1.165) is 5.69 Å². The van der Waals surface area contributed by atoms with E-state index in [4.69, 9.17) is 9.63 Å². The van der Waals surface area contributed by atoms with Crippen LogP contribution in [-0.2, 0) is 16.1 Å². The summed E-state index contributed by atoms with van der Waals surface area (Å²) in [5.41, 5.74) is 0.759. The predicted octanol–water partition coefficient (Wildman–Crippen LogP) is 0.854. The van der Waals surface area contributed by atoms with E-state index in [9.17, 15) is 9.59 Å². The highest BCUT2D eigenvalue weighted by Gasteiger charge is 2.05. The number of carbonyl (C=O) groups is 2. The molecule has 0 spiro atoms. The molecule has 0 aliphatic carbocycles. The Hall–Kier alpha value is -1.85. The topological polar surface area (TPSA) is 92.4 Å². The Labute approximate surface area is 92.6 Å². The number of amides is 1. The van der Waals surface area contributed by atoms with Gasteiger partial charge in [0.1, 0.15) is 0 Å². The average molecular weight is 226 g/mol. The molecule has 0 bridgehead atoms. The Bertz CT molecular complexity index is 373. The van der Waals surface area contributed by atoms with Crippen molar-refractivity contribution in [1.82, 2.24) is 10.5 Å². The Kier molecular flexibility index (Phi) is 4.50. The zero-order valence-electron chi connectivity index (χ0n) is 9.02. The van der Waals surface area contributed by atoms with Gasteiger partial charge in [-0.05, 0) is 13.3 Å². The van der Waals surface area contributed by atoms with Crippen LogP contribution in [0.15, 0.2) is 10.6 Å². The summed E-state index contributed by atoms with van der Waals surface area (Å²) in [5.74, 6) is -0.488. The van der Waals surface area contributed by atoms with E-state index in [-0.39, 0.29) is 25.3 Å². The number of rotatable bonds is 6. The largest absolute Gasteiger partial charge is 0.481 e. The standard InChI is InChI=1S/C10H14N2O4/c1-7-5-8(16-12-7)6-11-9(13)3-2-4-10(14)15/h5H,2-4,6H2,1H3,(H,11,13)(H,14,15). The smallest absolute Gasteiger partial charge is 0.303 e. The van der Waals surface area contributed by atoms with Gasteiger partial charge in [-0.1, -0.05) is 5.16 Å². The molecule has 0 aliphatic heterocycles. The van der Waals surface area contributed by atoms with Crippen molar-refractivity contribution >= 4 is 11.9 Å². The second kappa shape index (κ2) is 5.89. The van der Waals surface area contributed by atoms with Gasteiger partial charge in [-0.15, -0.1) is 0 Å². The molecule has 1 aromatic rings. The van der Waals surface area contributed by atoms with Crippen LogP contribution in [-0.4, -0.2) is 22.1 Å². The Morgan fingerprint density at radius 1 is 1.50 bits per heavy atom. The van der Waals surface area contributed by atoms with Crippen molar-refractivity contribution in [3.63, 3.8) is 0 Å². The van der Waals surface area contributed by atoms with Crippen LogP contribution >= 0.6 is 0 Å². The summed E-state index contributed by atoms with van der Waals surface area (Å²) in [7, 11) is 0. The molecular weight excluding hydrogens is 212 g/mol. The first kappa shape index (κ1) is 12.2. The highest BCUT2D eigenvalue weighted by molar-refractivity contribution is 5.76. The molecule has 1 amide bonds. The Morgan fingerprint density at radius 2 is 2.25 bits per heavy atom. The lowest BCUT2D eigenvalue weighted by atomic mass is 10.2. The van der Waals surface area contributed by atoms with Crippen LogP contribution in [0.3, 0.4) is 0 Å². The summed E-state index contributed by atoms with van der Waals surface area (Å²) in [6.07, 6.45) is 0.560. The van der Waals surface area contributed by atoms with Crippen molar-refractivity contribution < 1.29 is 19.2 Å². The van der Waals surface area contributed by atoms with Gasteiger partial charge in [0.05, 0.1) is 12.2 Å². The molecule has 16 heavy (non-hydrogen) atoms. The molecule has 0 fully saturated rings. The number of hydrogen-bond donors (Lipinski definition) is 2. The predicted molar refractivity (Wildman–Crippen MR) is 54.6 cm³/mol. The minimum absolute atomic E-state index is 0.00877. The number of aliphatic carboxylic acids is 1. The highest BCUT2D eigenvalue weighted by atomic mass is 16.5. The fourth-order valence-electron chi connectivity index (χ4n) is 1.17. The van der Waals surface area contributed by atoms with Crippen molar-refractivity contribution in [3.8, 4) is 0 Å². The molecule has 0 radical (unpaired) electrons. The van der Waals surface area contributed by atoms with Crippen molar-refractivity contribution in [2.75, 3.05) is 0 Å². The summed E-state index contributed by atoms with van der Waals surface area (Å²) >= 11 is 0. The van der Waals surface area contributed by atoms with E-state index in [1.54, 1.807) is 13.0 Å². The van der Waals surface area contributed by atoms with Gasteiger partial charge in [0.15, 0.2) is 5.76 Å². The minimum atomic E-state index is -0.890. The maximum atomic E-state index is 11.2. The summed E-state index contributed by atoms with van der Waals surface area (Å²) in [6.45, 7) is 2.08. The number of aromatic nitrogens is 1. The molecule has 0 aliphatic rings. The van der Waals surface area contributed by atoms with Crippen LogP contribution in [0, 0.1) is 6.92 Å². The molecule has 1 heterocycles. The van der Waals surface area contributed by atoms with Crippen LogP contribution in [0.25, 0.3) is 0 Å². The minimum Gasteiger partial charge on any atom is -0.481 e. The molecule has 0 saturated heterocycles. The zero-order valence-corrected chi connectivity index (χ0v) is 9.02. The van der Waals surface area contributed by atoms with Crippen LogP contribution in [0.2, 0.25) is 0 Å². The molecule has 0 aromatic carbocycles. The molecule has 6 nitrogen and oxygen atoms in total. The molecule has 88 valence electrons. The van der Waals surface area contributed by atoms with Crippen LogP contribution < -0.4 is 5.32 Å². The summed E-state index contributed by atoms with van der Waals surface area (Å²) in [6, 6.07) is 1.73. The Morgan fingerprint density at radius 3 is 2.81 bits per heavy atom. The molecule has 0 atom stereocenters. The van der Waals surface area contributed by atoms with E-state index in [2.05, 4.69) is 10.5 Å². The van der Waals surface area contributed by atoms with E-state index < -0.39 is 5.97 Å². The molecule has 6 heteroatoms. The third-order valence-corrected chi connectivity index (χ3v) is 1.93. The SMILES string of the molecule is Cc1cc(CNC(=O)CCCC(=O)O)on1.